The molecule has 3 rings (SSSR count). The molecule has 94 valence electrons. The third-order valence-electron chi connectivity index (χ3n) is 3.23. The number of hydrogen-bond acceptors (Lipinski definition) is 3. The van der Waals surface area contributed by atoms with E-state index in [-0.39, 0.29) is 11.8 Å². The SMILES string of the molecule is Cc1oc2ccc(Br)cc2c1NC(=O)C1CNC1. The fraction of sp³-hybridized carbons (Fsp3) is 0.308. The summed E-state index contributed by atoms with van der Waals surface area (Å²) in [6.07, 6.45) is 0. The maximum atomic E-state index is 12.0. The highest BCUT2D eigenvalue weighted by Crippen LogP contribution is 2.32. The van der Waals surface area contributed by atoms with Gasteiger partial charge >= 0.3 is 0 Å². The van der Waals surface area contributed by atoms with Crippen molar-refractivity contribution in [3.8, 4) is 0 Å². The molecular formula is C13H13BrN2O2. The van der Waals surface area contributed by atoms with Gasteiger partial charge < -0.3 is 15.1 Å². The zero-order valence-electron chi connectivity index (χ0n) is 9.92. The highest BCUT2D eigenvalue weighted by Gasteiger charge is 2.26. The van der Waals surface area contributed by atoms with E-state index in [2.05, 4.69) is 26.6 Å². The summed E-state index contributed by atoms with van der Waals surface area (Å²) in [5.41, 5.74) is 1.57. The molecule has 1 saturated heterocycles. The molecule has 0 spiro atoms. The quantitative estimate of drug-likeness (QED) is 0.897. The van der Waals surface area contributed by atoms with Gasteiger partial charge in [-0.25, -0.2) is 0 Å². The highest BCUT2D eigenvalue weighted by molar-refractivity contribution is 9.10. The van der Waals surface area contributed by atoms with Crippen LogP contribution >= 0.6 is 15.9 Å². The number of halogens is 1. The first kappa shape index (κ1) is 11.7. The standard InChI is InChI=1S/C13H13BrN2O2/c1-7-12(16-13(17)8-5-15-6-8)10-4-9(14)2-3-11(10)18-7/h2-4,8,15H,5-6H2,1H3,(H,16,17). The number of anilines is 1. The van der Waals surface area contributed by atoms with Gasteiger partial charge in [0.2, 0.25) is 5.91 Å². The molecule has 2 N–H and O–H groups in total. The van der Waals surface area contributed by atoms with E-state index in [0.717, 1.165) is 40.0 Å². The second-order valence-electron chi connectivity index (χ2n) is 4.52. The Bertz CT molecular complexity index is 617. The van der Waals surface area contributed by atoms with Gasteiger partial charge in [0.15, 0.2) is 0 Å². The number of aryl methyl sites for hydroxylation is 1. The molecule has 0 bridgehead atoms. The molecule has 1 aromatic carbocycles. The van der Waals surface area contributed by atoms with E-state index in [9.17, 15) is 4.79 Å². The molecule has 0 radical (unpaired) electrons. The Kier molecular flexibility index (Phi) is 2.87. The molecule has 5 heteroatoms. The molecule has 0 saturated carbocycles. The number of fused-ring (bicyclic) bond motifs is 1. The van der Waals surface area contributed by atoms with Crippen molar-refractivity contribution >= 4 is 38.5 Å². The predicted octanol–water partition coefficient (Wildman–Crippen LogP) is 2.66. The Labute approximate surface area is 113 Å². The van der Waals surface area contributed by atoms with Crippen LogP contribution in [0.25, 0.3) is 11.0 Å². The van der Waals surface area contributed by atoms with Gasteiger partial charge in [0.05, 0.1) is 11.6 Å². The van der Waals surface area contributed by atoms with Gasteiger partial charge in [-0.3, -0.25) is 4.79 Å². The Balaban J connectivity index is 1.97. The van der Waals surface area contributed by atoms with Crippen LogP contribution in [0.3, 0.4) is 0 Å². The Morgan fingerprint density at radius 1 is 1.50 bits per heavy atom. The average Bonchev–Trinajstić information content (AvgIpc) is 2.53. The van der Waals surface area contributed by atoms with Crippen molar-refractivity contribution in [2.75, 3.05) is 18.4 Å². The average molecular weight is 309 g/mol. The first-order valence-corrected chi connectivity index (χ1v) is 6.64. The van der Waals surface area contributed by atoms with Crippen LogP contribution in [0, 0.1) is 12.8 Å². The van der Waals surface area contributed by atoms with E-state index in [0.29, 0.717) is 0 Å². The molecule has 1 fully saturated rings. The van der Waals surface area contributed by atoms with Crippen LogP contribution in [-0.4, -0.2) is 19.0 Å². The number of carbonyl (C=O) groups is 1. The number of benzene rings is 1. The summed E-state index contributed by atoms with van der Waals surface area (Å²) in [7, 11) is 0. The van der Waals surface area contributed by atoms with Crippen molar-refractivity contribution in [1.29, 1.82) is 0 Å². The lowest BCUT2D eigenvalue weighted by Gasteiger charge is -2.25. The van der Waals surface area contributed by atoms with E-state index in [1.165, 1.54) is 0 Å². The molecule has 2 aromatic rings. The lowest BCUT2D eigenvalue weighted by molar-refractivity contribution is -0.121. The normalized spacial score (nSPS) is 15.7. The van der Waals surface area contributed by atoms with Crippen molar-refractivity contribution in [3.05, 3.63) is 28.4 Å². The number of rotatable bonds is 2. The number of amides is 1. The van der Waals surface area contributed by atoms with Crippen molar-refractivity contribution in [2.24, 2.45) is 5.92 Å². The van der Waals surface area contributed by atoms with Gasteiger partial charge in [0, 0.05) is 22.9 Å². The Morgan fingerprint density at radius 2 is 2.28 bits per heavy atom. The third-order valence-corrected chi connectivity index (χ3v) is 3.72. The second kappa shape index (κ2) is 4.40. The smallest absolute Gasteiger partial charge is 0.230 e. The third kappa shape index (κ3) is 1.93. The maximum absolute atomic E-state index is 12.0. The highest BCUT2D eigenvalue weighted by atomic mass is 79.9. The van der Waals surface area contributed by atoms with Crippen LogP contribution in [0.5, 0.6) is 0 Å². The van der Waals surface area contributed by atoms with E-state index in [1.54, 1.807) is 0 Å². The first-order valence-electron chi connectivity index (χ1n) is 5.85. The van der Waals surface area contributed by atoms with Crippen LogP contribution in [0.4, 0.5) is 5.69 Å². The van der Waals surface area contributed by atoms with Crippen molar-refractivity contribution in [2.45, 2.75) is 6.92 Å². The lowest BCUT2D eigenvalue weighted by atomic mass is 10.0. The van der Waals surface area contributed by atoms with Crippen LogP contribution in [0.2, 0.25) is 0 Å². The summed E-state index contributed by atoms with van der Waals surface area (Å²) in [6.45, 7) is 3.37. The van der Waals surface area contributed by atoms with E-state index >= 15 is 0 Å². The van der Waals surface area contributed by atoms with Gasteiger partial charge in [-0.1, -0.05) is 15.9 Å². The number of nitrogens with one attached hydrogen (secondary N) is 2. The summed E-state index contributed by atoms with van der Waals surface area (Å²) < 4.78 is 6.60. The van der Waals surface area contributed by atoms with Gasteiger partial charge in [0.25, 0.3) is 0 Å². The van der Waals surface area contributed by atoms with Gasteiger partial charge in [-0.05, 0) is 25.1 Å². The number of furan rings is 1. The Hall–Kier alpha value is -1.33. The molecule has 0 aliphatic carbocycles. The summed E-state index contributed by atoms with van der Waals surface area (Å²) in [4.78, 5) is 12.0. The monoisotopic (exact) mass is 308 g/mol. The van der Waals surface area contributed by atoms with Crippen molar-refractivity contribution < 1.29 is 9.21 Å². The van der Waals surface area contributed by atoms with Crippen LogP contribution in [-0.2, 0) is 4.79 Å². The van der Waals surface area contributed by atoms with E-state index < -0.39 is 0 Å². The molecule has 1 aliphatic rings. The molecule has 2 heterocycles. The molecule has 1 aliphatic heterocycles. The Morgan fingerprint density at radius 3 is 2.94 bits per heavy atom. The summed E-state index contributed by atoms with van der Waals surface area (Å²) >= 11 is 3.43. The van der Waals surface area contributed by atoms with Gasteiger partial charge in [-0.15, -0.1) is 0 Å². The summed E-state index contributed by atoms with van der Waals surface area (Å²) in [5.74, 6) is 0.866. The maximum Gasteiger partial charge on any atom is 0.230 e. The number of carbonyl (C=O) groups excluding carboxylic acids is 1. The number of hydrogen-bond donors (Lipinski definition) is 2. The molecule has 0 atom stereocenters. The van der Waals surface area contributed by atoms with E-state index in [1.807, 2.05) is 25.1 Å². The van der Waals surface area contributed by atoms with E-state index in [4.69, 9.17) is 4.42 Å². The minimum atomic E-state index is 0.0551. The molecule has 4 nitrogen and oxygen atoms in total. The molecular weight excluding hydrogens is 296 g/mol. The van der Waals surface area contributed by atoms with Crippen LogP contribution in [0.15, 0.2) is 27.1 Å². The fourth-order valence-electron chi connectivity index (χ4n) is 2.05. The minimum absolute atomic E-state index is 0.0551. The molecule has 1 amide bonds. The van der Waals surface area contributed by atoms with Crippen LogP contribution in [0.1, 0.15) is 5.76 Å². The fourth-order valence-corrected chi connectivity index (χ4v) is 2.41. The molecule has 1 aromatic heterocycles. The molecule has 18 heavy (non-hydrogen) atoms. The van der Waals surface area contributed by atoms with Crippen molar-refractivity contribution in [3.63, 3.8) is 0 Å². The predicted molar refractivity (Wildman–Crippen MR) is 73.6 cm³/mol. The van der Waals surface area contributed by atoms with Gasteiger partial charge in [0.1, 0.15) is 11.3 Å². The van der Waals surface area contributed by atoms with Gasteiger partial charge in [-0.2, -0.15) is 0 Å². The summed E-state index contributed by atoms with van der Waals surface area (Å²) in [6, 6.07) is 5.78. The largest absolute Gasteiger partial charge is 0.459 e. The zero-order valence-corrected chi connectivity index (χ0v) is 11.5. The molecule has 0 unspecified atom stereocenters. The lowest BCUT2D eigenvalue weighted by Crippen LogP contribution is -2.48. The topological polar surface area (TPSA) is 54.3 Å². The van der Waals surface area contributed by atoms with Crippen molar-refractivity contribution in [1.82, 2.24) is 5.32 Å². The minimum Gasteiger partial charge on any atom is -0.459 e. The first-order chi connectivity index (χ1) is 8.65. The van der Waals surface area contributed by atoms with Crippen LogP contribution < -0.4 is 10.6 Å². The zero-order chi connectivity index (χ0) is 12.7. The summed E-state index contributed by atoms with van der Waals surface area (Å²) in [5, 5.41) is 6.99. The second-order valence-corrected chi connectivity index (χ2v) is 5.43.